The summed E-state index contributed by atoms with van der Waals surface area (Å²) in [7, 11) is 0. The molecule has 11 aromatic rings. The molecule has 0 aliphatic heterocycles. The zero-order valence-corrected chi connectivity index (χ0v) is 29.0. The van der Waals surface area contributed by atoms with Crippen molar-refractivity contribution in [3.63, 3.8) is 0 Å². The van der Waals surface area contributed by atoms with Crippen LogP contribution in [0.1, 0.15) is 0 Å². The van der Waals surface area contributed by atoms with Crippen molar-refractivity contribution in [2.45, 2.75) is 0 Å². The highest BCUT2D eigenvalue weighted by Gasteiger charge is 2.19. The van der Waals surface area contributed by atoms with Crippen LogP contribution in [0.2, 0.25) is 0 Å². The molecule has 1 heterocycles. The molecule has 0 aliphatic rings. The van der Waals surface area contributed by atoms with E-state index < -0.39 is 0 Å². The second kappa shape index (κ2) is 11.8. The van der Waals surface area contributed by atoms with E-state index in [1.54, 1.807) is 0 Å². The van der Waals surface area contributed by atoms with Crippen LogP contribution < -0.4 is 0 Å². The SMILES string of the molecule is c1ccc(-c2cc(-c3ccccc3)cc(-c3cc(-c4ccc(-n5c6ccccc6c6ccccc65)cc4)c4ccc5cccc6ccc3c4c56)c2)cc1. The van der Waals surface area contributed by atoms with Gasteiger partial charge in [-0.1, -0.05) is 152 Å². The lowest BCUT2D eigenvalue weighted by Gasteiger charge is -2.19. The normalized spacial score (nSPS) is 11.8. The molecule has 0 N–H and O–H groups in total. The van der Waals surface area contributed by atoms with Gasteiger partial charge in [0.15, 0.2) is 0 Å². The van der Waals surface area contributed by atoms with Crippen LogP contribution in [0.15, 0.2) is 200 Å². The van der Waals surface area contributed by atoms with Crippen molar-refractivity contribution >= 4 is 54.1 Å². The Morgan fingerprint density at radius 1 is 0.264 bits per heavy atom. The first-order valence-corrected chi connectivity index (χ1v) is 18.3. The van der Waals surface area contributed by atoms with Crippen LogP contribution in [0.3, 0.4) is 0 Å². The van der Waals surface area contributed by atoms with Crippen molar-refractivity contribution in [2.75, 3.05) is 0 Å². The average molecular weight is 672 g/mol. The molecule has 0 spiro atoms. The molecule has 0 amide bonds. The number of nitrogens with zero attached hydrogens (tertiary/aromatic N) is 1. The van der Waals surface area contributed by atoms with E-state index in [2.05, 4.69) is 205 Å². The molecule has 11 rings (SSSR count). The van der Waals surface area contributed by atoms with E-state index in [0.717, 1.165) is 5.69 Å². The van der Waals surface area contributed by atoms with Gasteiger partial charge in [-0.05, 0) is 125 Å². The smallest absolute Gasteiger partial charge is 0.0541 e. The summed E-state index contributed by atoms with van der Waals surface area (Å²) < 4.78 is 2.39. The second-order valence-corrected chi connectivity index (χ2v) is 14.1. The van der Waals surface area contributed by atoms with Gasteiger partial charge in [-0.15, -0.1) is 0 Å². The van der Waals surface area contributed by atoms with Gasteiger partial charge in [0.25, 0.3) is 0 Å². The molecule has 0 saturated carbocycles. The molecule has 1 aromatic heterocycles. The lowest BCUT2D eigenvalue weighted by molar-refractivity contribution is 1.18. The Morgan fingerprint density at radius 3 is 1.32 bits per heavy atom. The minimum absolute atomic E-state index is 1.16. The first kappa shape index (κ1) is 29.7. The Kier molecular flexibility index (Phi) is 6.62. The predicted octanol–water partition coefficient (Wildman–Crippen LogP) is 14.3. The number of rotatable bonds is 5. The van der Waals surface area contributed by atoms with Crippen molar-refractivity contribution in [2.24, 2.45) is 0 Å². The largest absolute Gasteiger partial charge is 0.309 e. The third-order valence-corrected chi connectivity index (χ3v) is 11.1. The minimum Gasteiger partial charge on any atom is -0.309 e. The first-order valence-electron chi connectivity index (χ1n) is 18.3. The standard InChI is InChI=1S/C52H33N/c1-3-12-34(13-4-1)39-30-40(35-14-5-2-6-15-35)32-41(31-39)48-33-47(45-28-24-37-16-11-17-38-25-29-46(48)52(45)51(37)38)36-22-26-42(27-23-36)53-49-20-9-7-18-43(49)44-19-8-10-21-50(44)53/h1-33H. The topological polar surface area (TPSA) is 4.93 Å². The third kappa shape index (κ3) is 4.71. The van der Waals surface area contributed by atoms with E-state index >= 15 is 0 Å². The highest BCUT2D eigenvalue weighted by molar-refractivity contribution is 6.28. The van der Waals surface area contributed by atoms with E-state index in [1.165, 1.54) is 98.6 Å². The lowest BCUT2D eigenvalue weighted by atomic mass is 9.84. The molecule has 0 aliphatic carbocycles. The molecule has 1 heteroatoms. The molecule has 1 nitrogen and oxygen atoms in total. The molecule has 0 fully saturated rings. The summed E-state index contributed by atoms with van der Waals surface area (Å²) in [5, 5.41) is 10.3. The summed E-state index contributed by atoms with van der Waals surface area (Å²) in [6.07, 6.45) is 0. The van der Waals surface area contributed by atoms with Crippen molar-refractivity contribution in [3.05, 3.63) is 200 Å². The van der Waals surface area contributed by atoms with E-state index in [4.69, 9.17) is 0 Å². The second-order valence-electron chi connectivity index (χ2n) is 14.1. The summed E-state index contributed by atoms with van der Waals surface area (Å²) in [5.41, 5.74) is 13.4. The Bertz CT molecular complexity index is 3010. The minimum atomic E-state index is 1.16. The van der Waals surface area contributed by atoms with Crippen molar-refractivity contribution in [1.82, 2.24) is 4.57 Å². The van der Waals surface area contributed by atoms with Gasteiger partial charge in [0, 0.05) is 16.5 Å². The Balaban J connectivity index is 1.17. The van der Waals surface area contributed by atoms with Crippen molar-refractivity contribution in [3.8, 4) is 50.2 Å². The van der Waals surface area contributed by atoms with Crippen molar-refractivity contribution in [1.29, 1.82) is 0 Å². The zero-order valence-electron chi connectivity index (χ0n) is 29.0. The Hall–Kier alpha value is -6.96. The van der Waals surface area contributed by atoms with Crippen LogP contribution in [-0.4, -0.2) is 4.57 Å². The Morgan fingerprint density at radius 2 is 0.755 bits per heavy atom. The zero-order chi connectivity index (χ0) is 34.9. The maximum Gasteiger partial charge on any atom is 0.0541 e. The molecule has 0 unspecified atom stereocenters. The van der Waals surface area contributed by atoms with Gasteiger partial charge in [-0.3, -0.25) is 0 Å². The highest BCUT2D eigenvalue weighted by atomic mass is 15.0. The molecule has 53 heavy (non-hydrogen) atoms. The third-order valence-electron chi connectivity index (χ3n) is 11.1. The van der Waals surface area contributed by atoms with E-state index in [0.29, 0.717) is 0 Å². The number of hydrogen-bond donors (Lipinski definition) is 0. The summed E-state index contributed by atoms with van der Waals surface area (Å²) in [6.45, 7) is 0. The van der Waals surface area contributed by atoms with Crippen LogP contribution in [0.5, 0.6) is 0 Å². The molecule has 0 bridgehead atoms. The van der Waals surface area contributed by atoms with E-state index in [1.807, 2.05) is 0 Å². The van der Waals surface area contributed by atoms with Gasteiger partial charge >= 0.3 is 0 Å². The lowest BCUT2D eigenvalue weighted by Crippen LogP contribution is -1.94. The van der Waals surface area contributed by atoms with Crippen molar-refractivity contribution < 1.29 is 0 Å². The highest BCUT2D eigenvalue weighted by Crippen LogP contribution is 2.45. The van der Waals surface area contributed by atoms with Gasteiger partial charge in [-0.25, -0.2) is 0 Å². The van der Waals surface area contributed by atoms with Gasteiger partial charge < -0.3 is 4.57 Å². The van der Waals surface area contributed by atoms with Crippen LogP contribution in [0.25, 0.3) is 104 Å². The Labute approximate surface area is 308 Å². The van der Waals surface area contributed by atoms with Crippen LogP contribution >= 0.6 is 0 Å². The summed E-state index contributed by atoms with van der Waals surface area (Å²) in [4.78, 5) is 0. The summed E-state index contributed by atoms with van der Waals surface area (Å²) in [6, 6.07) is 73.6. The maximum atomic E-state index is 2.44. The molecular formula is C52H33N. The maximum absolute atomic E-state index is 2.44. The van der Waals surface area contributed by atoms with Gasteiger partial charge in [0.1, 0.15) is 0 Å². The van der Waals surface area contributed by atoms with Crippen LogP contribution in [0, 0.1) is 0 Å². The van der Waals surface area contributed by atoms with Gasteiger partial charge in [-0.2, -0.15) is 0 Å². The first-order chi connectivity index (χ1) is 26.3. The van der Waals surface area contributed by atoms with Crippen LogP contribution in [0.4, 0.5) is 0 Å². The average Bonchev–Trinajstić information content (AvgIpc) is 3.57. The summed E-state index contributed by atoms with van der Waals surface area (Å²) >= 11 is 0. The molecule has 0 atom stereocenters. The predicted molar refractivity (Wildman–Crippen MR) is 226 cm³/mol. The number of fused-ring (bicyclic) bond motifs is 3. The van der Waals surface area contributed by atoms with E-state index in [9.17, 15) is 0 Å². The number of para-hydroxylation sites is 2. The quantitative estimate of drug-likeness (QED) is 0.161. The fourth-order valence-electron chi connectivity index (χ4n) is 8.68. The molecule has 246 valence electrons. The fraction of sp³-hybridized carbons (Fsp3) is 0. The van der Waals surface area contributed by atoms with Gasteiger partial charge in [0.05, 0.1) is 11.0 Å². The monoisotopic (exact) mass is 671 g/mol. The molecular weight excluding hydrogens is 639 g/mol. The molecule has 10 aromatic carbocycles. The molecule has 0 saturated heterocycles. The summed E-state index contributed by atoms with van der Waals surface area (Å²) in [5.74, 6) is 0. The fourth-order valence-corrected chi connectivity index (χ4v) is 8.68. The van der Waals surface area contributed by atoms with Gasteiger partial charge in [0.2, 0.25) is 0 Å². The van der Waals surface area contributed by atoms with E-state index in [-0.39, 0.29) is 0 Å². The number of aromatic nitrogens is 1. The number of benzene rings is 10. The number of hydrogen-bond acceptors (Lipinski definition) is 0. The molecule has 0 radical (unpaired) electrons. The van der Waals surface area contributed by atoms with Crippen LogP contribution in [-0.2, 0) is 0 Å².